The summed E-state index contributed by atoms with van der Waals surface area (Å²) in [6.07, 6.45) is 0.753. The lowest BCUT2D eigenvalue weighted by Gasteiger charge is -2.03. The lowest BCUT2D eigenvalue weighted by atomic mass is 10.1. The van der Waals surface area contributed by atoms with Gasteiger partial charge in [0.25, 0.3) is 5.89 Å². The number of aromatic nitrogens is 3. The Balaban J connectivity index is 1.76. The molecule has 0 bridgehead atoms. The highest BCUT2D eigenvalue weighted by Crippen LogP contribution is 2.12. The largest absolute Gasteiger partial charge is 0.375 e. The van der Waals surface area contributed by atoms with E-state index in [-0.39, 0.29) is 18.9 Å². The van der Waals surface area contributed by atoms with E-state index in [1.807, 2.05) is 6.92 Å². The second-order valence-electron chi connectivity index (χ2n) is 4.62. The third kappa shape index (κ3) is 4.12. The average molecular weight is 294 g/mol. The third-order valence-electron chi connectivity index (χ3n) is 2.97. The Labute approximate surface area is 121 Å². The number of aryl methyl sites for hydroxylation is 2. The zero-order chi connectivity index (χ0) is 15.2. The van der Waals surface area contributed by atoms with E-state index in [4.69, 9.17) is 13.8 Å². The third-order valence-corrected chi connectivity index (χ3v) is 2.97. The van der Waals surface area contributed by atoms with Crippen LogP contribution in [0.15, 0.2) is 9.05 Å². The maximum absolute atomic E-state index is 11.8. The topological polar surface area (TPSA) is 103 Å². The molecule has 1 amide bonds. The molecular weight excluding hydrogens is 276 g/mol. The molecule has 0 aliphatic heterocycles. The van der Waals surface area contributed by atoms with Gasteiger partial charge in [0.2, 0.25) is 5.91 Å². The molecule has 21 heavy (non-hydrogen) atoms. The minimum atomic E-state index is -0.0926. The van der Waals surface area contributed by atoms with Crippen LogP contribution in [0, 0.1) is 13.8 Å². The van der Waals surface area contributed by atoms with E-state index in [1.54, 1.807) is 14.0 Å². The summed E-state index contributed by atoms with van der Waals surface area (Å²) in [5.41, 5.74) is 1.57. The second kappa shape index (κ2) is 6.98. The molecule has 0 unspecified atom stereocenters. The lowest BCUT2D eigenvalue weighted by molar-refractivity contribution is -0.120. The SMILES string of the molecule is COCc1nc(CCNC(=O)Cc2c(C)noc2C)no1. The van der Waals surface area contributed by atoms with E-state index in [9.17, 15) is 4.79 Å². The Morgan fingerprint density at radius 3 is 2.76 bits per heavy atom. The summed E-state index contributed by atoms with van der Waals surface area (Å²) in [4.78, 5) is 16.0. The molecule has 0 saturated heterocycles. The molecule has 0 aliphatic rings. The summed E-state index contributed by atoms with van der Waals surface area (Å²) in [7, 11) is 1.55. The van der Waals surface area contributed by atoms with Gasteiger partial charge in [-0.3, -0.25) is 4.79 Å². The van der Waals surface area contributed by atoms with Gasteiger partial charge in [-0.1, -0.05) is 10.3 Å². The lowest BCUT2D eigenvalue weighted by Crippen LogP contribution is -2.27. The van der Waals surface area contributed by atoms with Gasteiger partial charge in [0.1, 0.15) is 12.4 Å². The summed E-state index contributed by atoms with van der Waals surface area (Å²) in [6, 6.07) is 0. The fourth-order valence-corrected chi connectivity index (χ4v) is 1.86. The van der Waals surface area contributed by atoms with Gasteiger partial charge < -0.3 is 19.1 Å². The van der Waals surface area contributed by atoms with Crippen LogP contribution >= 0.6 is 0 Å². The van der Waals surface area contributed by atoms with E-state index < -0.39 is 0 Å². The number of carbonyl (C=O) groups is 1. The molecule has 2 rings (SSSR count). The molecule has 1 N–H and O–H groups in total. The smallest absolute Gasteiger partial charge is 0.252 e. The van der Waals surface area contributed by atoms with Gasteiger partial charge in [-0.2, -0.15) is 4.98 Å². The highest BCUT2D eigenvalue weighted by molar-refractivity contribution is 5.78. The number of nitrogens with one attached hydrogen (secondary N) is 1. The first-order valence-corrected chi connectivity index (χ1v) is 6.59. The van der Waals surface area contributed by atoms with E-state index >= 15 is 0 Å². The molecule has 8 heteroatoms. The van der Waals surface area contributed by atoms with Crippen molar-refractivity contribution in [3.05, 3.63) is 28.7 Å². The van der Waals surface area contributed by atoms with E-state index in [2.05, 4.69) is 20.6 Å². The zero-order valence-electron chi connectivity index (χ0n) is 12.3. The first-order valence-electron chi connectivity index (χ1n) is 6.59. The highest BCUT2D eigenvalue weighted by atomic mass is 16.5. The molecule has 0 radical (unpaired) electrons. The van der Waals surface area contributed by atoms with Crippen molar-refractivity contribution in [2.24, 2.45) is 0 Å². The number of hydrogen-bond donors (Lipinski definition) is 1. The fraction of sp³-hybridized carbons (Fsp3) is 0.538. The minimum absolute atomic E-state index is 0.0926. The molecular formula is C13H18N4O4. The number of rotatable bonds is 7. The Hall–Kier alpha value is -2.22. The molecule has 114 valence electrons. The fourth-order valence-electron chi connectivity index (χ4n) is 1.86. The van der Waals surface area contributed by atoms with Gasteiger partial charge in [-0.15, -0.1) is 0 Å². The summed E-state index contributed by atoms with van der Waals surface area (Å²) < 4.78 is 14.9. The molecule has 2 aromatic heterocycles. The summed E-state index contributed by atoms with van der Waals surface area (Å²) in [5.74, 6) is 1.55. The van der Waals surface area contributed by atoms with Gasteiger partial charge in [-0.05, 0) is 13.8 Å². The van der Waals surface area contributed by atoms with E-state index in [0.29, 0.717) is 30.4 Å². The number of hydrogen-bond acceptors (Lipinski definition) is 7. The van der Waals surface area contributed by atoms with Crippen LogP contribution in [-0.4, -0.2) is 34.9 Å². The molecule has 0 saturated carbocycles. The van der Waals surface area contributed by atoms with Crippen LogP contribution < -0.4 is 5.32 Å². The van der Waals surface area contributed by atoms with Crippen molar-refractivity contribution < 1.29 is 18.6 Å². The number of methoxy groups -OCH3 is 1. The molecule has 0 atom stereocenters. The predicted molar refractivity (Wildman–Crippen MR) is 71.4 cm³/mol. The van der Waals surface area contributed by atoms with Crippen molar-refractivity contribution in [1.82, 2.24) is 20.6 Å². The minimum Gasteiger partial charge on any atom is -0.375 e. The maximum atomic E-state index is 11.8. The highest BCUT2D eigenvalue weighted by Gasteiger charge is 2.13. The normalized spacial score (nSPS) is 10.8. The number of amides is 1. The Kier molecular flexibility index (Phi) is 5.04. The summed E-state index contributed by atoms with van der Waals surface area (Å²) >= 11 is 0. The molecule has 0 spiro atoms. The van der Waals surface area contributed by atoms with Crippen molar-refractivity contribution in [1.29, 1.82) is 0 Å². The first-order chi connectivity index (χ1) is 10.1. The van der Waals surface area contributed by atoms with Gasteiger partial charge in [0.05, 0.1) is 12.1 Å². The van der Waals surface area contributed by atoms with Crippen molar-refractivity contribution in [2.45, 2.75) is 33.3 Å². The number of ether oxygens (including phenoxy) is 1. The molecule has 2 aromatic rings. The maximum Gasteiger partial charge on any atom is 0.252 e. The van der Waals surface area contributed by atoms with Crippen LogP contribution in [0.4, 0.5) is 0 Å². The van der Waals surface area contributed by atoms with Crippen LogP contribution in [-0.2, 0) is 29.0 Å². The Morgan fingerprint density at radius 1 is 1.29 bits per heavy atom. The van der Waals surface area contributed by atoms with Crippen molar-refractivity contribution in [2.75, 3.05) is 13.7 Å². The average Bonchev–Trinajstić information content (AvgIpc) is 3.01. The molecule has 0 aromatic carbocycles. The first kappa shape index (κ1) is 15.2. The van der Waals surface area contributed by atoms with Crippen molar-refractivity contribution in [3.8, 4) is 0 Å². The van der Waals surface area contributed by atoms with Crippen molar-refractivity contribution in [3.63, 3.8) is 0 Å². The molecule has 0 aliphatic carbocycles. The Morgan fingerprint density at radius 2 is 2.10 bits per heavy atom. The van der Waals surface area contributed by atoms with Crippen LogP contribution in [0.5, 0.6) is 0 Å². The quantitative estimate of drug-likeness (QED) is 0.802. The zero-order valence-corrected chi connectivity index (χ0v) is 12.3. The predicted octanol–water partition coefficient (Wildman–Crippen LogP) is 0.722. The van der Waals surface area contributed by atoms with E-state index in [0.717, 1.165) is 11.3 Å². The van der Waals surface area contributed by atoms with E-state index in [1.165, 1.54) is 0 Å². The summed E-state index contributed by atoms with van der Waals surface area (Å²) in [6.45, 7) is 4.33. The second-order valence-corrected chi connectivity index (χ2v) is 4.62. The van der Waals surface area contributed by atoms with Crippen LogP contribution in [0.3, 0.4) is 0 Å². The van der Waals surface area contributed by atoms with Crippen LogP contribution in [0.1, 0.15) is 28.7 Å². The number of carbonyl (C=O) groups excluding carboxylic acids is 1. The molecule has 8 nitrogen and oxygen atoms in total. The molecule has 2 heterocycles. The standard InChI is InChI=1S/C13H18N4O4/c1-8-10(9(2)20-16-8)6-12(18)14-5-4-11-15-13(7-19-3)21-17-11/h4-7H2,1-3H3,(H,14,18). The van der Waals surface area contributed by atoms with Crippen LogP contribution in [0.25, 0.3) is 0 Å². The van der Waals surface area contributed by atoms with Gasteiger partial charge in [-0.25, -0.2) is 0 Å². The Bertz CT molecular complexity index is 586. The van der Waals surface area contributed by atoms with Gasteiger partial charge in [0.15, 0.2) is 5.82 Å². The van der Waals surface area contributed by atoms with Crippen molar-refractivity contribution >= 4 is 5.91 Å². The molecule has 0 fully saturated rings. The summed E-state index contributed by atoms with van der Waals surface area (Å²) in [5, 5.41) is 10.4. The van der Waals surface area contributed by atoms with Gasteiger partial charge >= 0.3 is 0 Å². The number of nitrogens with zero attached hydrogens (tertiary/aromatic N) is 3. The van der Waals surface area contributed by atoms with Gasteiger partial charge in [0, 0.05) is 25.6 Å². The van der Waals surface area contributed by atoms with Crippen LogP contribution in [0.2, 0.25) is 0 Å². The monoisotopic (exact) mass is 294 g/mol.